The highest BCUT2D eigenvalue weighted by atomic mass is 79.9. The van der Waals surface area contributed by atoms with Crippen molar-refractivity contribution in [2.75, 3.05) is 14.2 Å². The van der Waals surface area contributed by atoms with Gasteiger partial charge in [-0.2, -0.15) is 5.10 Å². The maximum atomic E-state index is 6.43. The van der Waals surface area contributed by atoms with Crippen LogP contribution in [-0.2, 0) is 0 Å². The van der Waals surface area contributed by atoms with E-state index in [9.17, 15) is 0 Å². The van der Waals surface area contributed by atoms with E-state index in [1.165, 1.54) is 10.4 Å². The van der Waals surface area contributed by atoms with Gasteiger partial charge in [0.15, 0.2) is 11.5 Å². The van der Waals surface area contributed by atoms with E-state index in [0.717, 1.165) is 27.9 Å². The van der Waals surface area contributed by atoms with Gasteiger partial charge in [-0.15, -0.1) is 11.3 Å². The molecule has 2 aromatic carbocycles. The molecule has 0 amide bonds. The van der Waals surface area contributed by atoms with Crippen LogP contribution in [0, 0.1) is 0 Å². The van der Waals surface area contributed by atoms with Gasteiger partial charge in [0.1, 0.15) is 5.75 Å². The van der Waals surface area contributed by atoms with E-state index in [0.29, 0.717) is 11.5 Å². The maximum absolute atomic E-state index is 6.43. The summed E-state index contributed by atoms with van der Waals surface area (Å²) < 4.78 is 18.3. The van der Waals surface area contributed by atoms with Crippen LogP contribution in [0.2, 0.25) is 0 Å². The Balaban J connectivity index is 1.62. The molecule has 3 aromatic rings. The van der Waals surface area contributed by atoms with E-state index in [1.807, 2.05) is 24.3 Å². The summed E-state index contributed by atoms with van der Waals surface area (Å²) in [7, 11) is 3.26. The van der Waals surface area contributed by atoms with Gasteiger partial charge in [0, 0.05) is 17.5 Å². The third-order valence-corrected chi connectivity index (χ3v) is 6.75. The minimum Gasteiger partial charge on any atom is -0.493 e. The maximum Gasteiger partial charge on any atom is 0.214 e. The number of nitrogens with zero attached hydrogens (tertiary/aromatic N) is 2. The Morgan fingerprint density at radius 3 is 2.76 bits per heavy atom. The van der Waals surface area contributed by atoms with Crippen LogP contribution in [0.15, 0.2) is 63.5 Å². The summed E-state index contributed by atoms with van der Waals surface area (Å²) in [5.74, 6) is 2.21. The molecule has 5 nitrogen and oxygen atoms in total. The van der Waals surface area contributed by atoms with Crippen LogP contribution < -0.4 is 14.2 Å². The Morgan fingerprint density at radius 1 is 1.14 bits per heavy atom. The molecule has 0 fully saturated rings. The van der Waals surface area contributed by atoms with E-state index in [4.69, 9.17) is 19.3 Å². The number of methoxy groups -OCH3 is 2. The first-order valence-corrected chi connectivity index (χ1v) is 10.9. The second kappa shape index (κ2) is 7.39. The molecule has 2 atom stereocenters. The summed E-state index contributed by atoms with van der Waals surface area (Å²) in [6, 6.07) is 16.5. The lowest BCUT2D eigenvalue weighted by molar-refractivity contribution is -0.0192. The monoisotopic (exact) mass is 470 g/mol. The zero-order valence-electron chi connectivity index (χ0n) is 16.0. The Labute approximate surface area is 181 Å². The van der Waals surface area contributed by atoms with Crippen molar-refractivity contribution in [3.05, 3.63) is 74.4 Å². The smallest absolute Gasteiger partial charge is 0.214 e. The van der Waals surface area contributed by atoms with Gasteiger partial charge in [0.05, 0.1) is 35.3 Å². The Kier molecular flexibility index (Phi) is 4.72. The van der Waals surface area contributed by atoms with Crippen molar-refractivity contribution >= 4 is 33.0 Å². The van der Waals surface area contributed by atoms with Gasteiger partial charge in [-0.25, -0.2) is 5.01 Å². The number of ether oxygens (including phenoxy) is 3. The number of thiophene rings is 1. The lowest BCUT2D eigenvalue weighted by atomic mass is 9.97. The fourth-order valence-corrected chi connectivity index (χ4v) is 5.27. The number of benzene rings is 2. The molecule has 2 unspecified atom stereocenters. The van der Waals surface area contributed by atoms with Gasteiger partial charge in [-0.1, -0.05) is 24.3 Å². The molecule has 0 aliphatic carbocycles. The molecule has 2 aliphatic heterocycles. The van der Waals surface area contributed by atoms with Crippen molar-refractivity contribution < 1.29 is 14.2 Å². The fourth-order valence-electron chi connectivity index (χ4n) is 3.93. The van der Waals surface area contributed by atoms with Crippen LogP contribution in [0.1, 0.15) is 34.7 Å². The highest BCUT2D eigenvalue weighted by Gasteiger charge is 2.41. The number of hydrazone groups is 1. The molecule has 0 spiro atoms. The van der Waals surface area contributed by atoms with Crippen LogP contribution in [-0.4, -0.2) is 24.9 Å². The summed E-state index contributed by atoms with van der Waals surface area (Å²) in [5.41, 5.74) is 3.21. The standard InChI is InChI=1S/C22H19BrN2O3S/c1-26-19-11-13(10-15(23)21(19)27-2)22-25-17(14-6-3-4-7-18(14)28-22)12-16(24-25)20-8-5-9-29-20/h3-11,17,22H,12H2,1-2H3. The minimum atomic E-state index is -0.358. The number of rotatable bonds is 4. The summed E-state index contributed by atoms with van der Waals surface area (Å²) in [4.78, 5) is 1.20. The van der Waals surface area contributed by atoms with E-state index < -0.39 is 0 Å². The third kappa shape index (κ3) is 3.09. The van der Waals surface area contributed by atoms with Crippen molar-refractivity contribution in [3.8, 4) is 17.2 Å². The molecule has 29 heavy (non-hydrogen) atoms. The Morgan fingerprint density at radius 2 is 2.00 bits per heavy atom. The molecule has 0 radical (unpaired) electrons. The van der Waals surface area contributed by atoms with Crippen molar-refractivity contribution in [1.29, 1.82) is 0 Å². The predicted octanol–water partition coefficient (Wildman–Crippen LogP) is 5.77. The summed E-state index contributed by atoms with van der Waals surface area (Å²) in [5, 5.41) is 9.15. The molecule has 0 saturated carbocycles. The van der Waals surface area contributed by atoms with Gasteiger partial charge in [-0.05, 0) is 45.6 Å². The van der Waals surface area contributed by atoms with Crippen molar-refractivity contribution in [3.63, 3.8) is 0 Å². The molecule has 7 heteroatoms. The molecule has 1 aromatic heterocycles. The van der Waals surface area contributed by atoms with Crippen molar-refractivity contribution in [2.45, 2.75) is 18.7 Å². The lowest BCUT2D eigenvalue weighted by Gasteiger charge is -2.38. The van der Waals surface area contributed by atoms with Crippen LogP contribution in [0.4, 0.5) is 0 Å². The van der Waals surface area contributed by atoms with Gasteiger partial charge >= 0.3 is 0 Å². The molecular weight excluding hydrogens is 452 g/mol. The predicted molar refractivity (Wildman–Crippen MR) is 117 cm³/mol. The van der Waals surface area contributed by atoms with Gasteiger partial charge in [0.2, 0.25) is 6.23 Å². The van der Waals surface area contributed by atoms with Gasteiger partial charge in [0.25, 0.3) is 0 Å². The van der Waals surface area contributed by atoms with E-state index in [1.54, 1.807) is 25.6 Å². The Bertz CT molecular complexity index is 1080. The first kappa shape index (κ1) is 18.5. The Hall–Kier alpha value is -2.51. The average molecular weight is 471 g/mol. The van der Waals surface area contributed by atoms with Crippen molar-refractivity contribution in [1.82, 2.24) is 5.01 Å². The first-order valence-electron chi connectivity index (χ1n) is 9.26. The average Bonchev–Trinajstić information content (AvgIpc) is 3.42. The summed E-state index contributed by atoms with van der Waals surface area (Å²) >= 11 is 5.32. The fraction of sp³-hybridized carbons (Fsp3) is 0.227. The van der Waals surface area contributed by atoms with E-state index in [-0.39, 0.29) is 12.3 Å². The third-order valence-electron chi connectivity index (χ3n) is 5.25. The van der Waals surface area contributed by atoms with E-state index >= 15 is 0 Å². The molecular formula is C22H19BrN2O3S. The zero-order chi connectivity index (χ0) is 20.0. The number of halogens is 1. The normalized spacial score (nSPS) is 19.8. The van der Waals surface area contributed by atoms with E-state index in [2.05, 4.69) is 50.6 Å². The molecule has 3 heterocycles. The molecule has 2 aliphatic rings. The molecule has 148 valence electrons. The first-order chi connectivity index (χ1) is 14.2. The van der Waals surface area contributed by atoms with Gasteiger partial charge in [-0.3, -0.25) is 0 Å². The van der Waals surface area contributed by atoms with Crippen molar-refractivity contribution in [2.24, 2.45) is 5.10 Å². The van der Waals surface area contributed by atoms with Crippen LogP contribution in [0.3, 0.4) is 0 Å². The second-order valence-electron chi connectivity index (χ2n) is 6.87. The highest BCUT2D eigenvalue weighted by Crippen LogP contribution is 2.49. The minimum absolute atomic E-state index is 0.133. The number of hydrogen-bond acceptors (Lipinski definition) is 6. The topological polar surface area (TPSA) is 43.3 Å². The van der Waals surface area contributed by atoms with Crippen LogP contribution in [0.25, 0.3) is 0 Å². The van der Waals surface area contributed by atoms with Crippen LogP contribution in [0.5, 0.6) is 17.2 Å². The summed E-state index contributed by atoms with van der Waals surface area (Å²) in [6.07, 6.45) is 0.495. The number of para-hydroxylation sites is 1. The highest BCUT2D eigenvalue weighted by molar-refractivity contribution is 9.10. The second-order valence-corrected chi connectivity index (χ2v) is 8.67. The molecule has 0 N–H and O–H groups in total. The lowest BCUT2D eigenvalue weighted by Crippen LogP contribution is -2.33. The quantitative estimate of drug-likeness (QED) is 0.485. The SMILES string of the molecule is COc1cc(C2Oc3ccccc3C3CC(c4cccs4)=NN32)cc(Br)c1OC. The number of fused-ring (bicyclic) bond motifs is 3. The summed E-state index contributed by atoms with van der Waals surface area (Å²) in [6.45, 7) is 0. The number of hydrogen-bond donors (Lipinski definition) is 0. The molecule has 5 rings (SSSR count). The van der Waals surface area contributed by atoms with Crippen LogP contribution >= 0.6 is 27.3 Å². The molecule has 0 saturated heterocycles. The van der Waals surface area contributed by atoms with Gasteiger partial charge < -0.3 is 14.2 Å². The zero-order valence-corrected chi connectivity index (χ0v) is 18.4. The largest absolute Gasteiger partial charge is 0.493 e. The molecule has 0 bridgehead atoms.